The van der Waals surface area contributed by atoms with E-state index in [-0.39, 0.29) is 18.8 Å². The molecule has 2 aliphatic rings. The van der Waals surface area contributed by atoms with Gasteiger partial charge < -0.3 is 9.47 Å². The zero-order valence-electron chi connectivity index (χ0n) is 12.1. The lowest BCUT2D eigenvalue weighted by Crippen LogP contribution is -2.55. The molecule has 0 unspecified atom stereocenters. The monoisotopic (exact) mass is 290 g/mol. The predicted molar refractivity (Wildman–Crippen MR) is 84.8 cm³/mol. The van der Waals surface area contributed by atoms with Crippen LogP contribution >= 0.6 is 0 Å². The highest BCUT2D eigenvalue weighted by Gasteiger charge is 2.43. The summed E-state index contributed by atoms with van der Waals surface area (Å²) in [5.41, 5.74) is 0.742. The highest BCUT2D eigenvalue weighted by Crippen LogP contribution is 2.45. The fraction of sp³-hybridized carbons (Fsp3) is 0.647. The maximum atomic E-state index is 12.1. The lowest BCUT2D eigenvalue weighted by molar-refractivity contribution is 0.00384. The molecule has 4 heteroatoms. The summed E-state index contributed by atoms with van der Waals surface area (Å²) in [6, 6.07) is 3.39. The summed E-state index contributed by atoms with van der Waals surface area (Å²) >= 11 is 0. The SMILES string of the molecule is C.CC(=O)c1cccn(CCN2CC3(CCCC3)C2)c1=O. The van der Waals surface area contributed by atoms with E-state index in [1.54, 1.807) is 22.9 Å². The molecular weight excluding hydrogens is 264 g/mol. The number of hydrogen-bond acceptors (Lipinski definition) is 3. The van der Waals surface area contributed by atoms with Crippen LogP contribution in [0.3, 0.4) is 0 Å². The molecule has 116 valence electrons. The molecule has 0 amide bonds. The van der Waals surface area contributed by atoms with Crippen LogP contribution in [0.4, 0.5) is 0 Å². The Kier molecular flexibility index (Phi) is 4.67. The number of nitrogens with zero attached hydrogens (tertiary/aromatic N) is 2. The quantitative estimate of drug-likeness (QED) is 0.800. The molecule has 4 nitrogen and oxygen atoms in total. The van der Waals surface area contributed by atoms with Gasteiger partial charge in [0.15, 0.2) is 5.78 Å². The van der Waals surface area contributed by atoms with Gasteiger partial charge in [0, 0.05) is 32.4 Å². The van der Waals surface area contributed by atoms with Crippen LogP contribution < -0.4 is 5.56 Å². The summed E-state index contributed by atoms with van der Waals surface area (Å²) in [6.07, 6.45) is 7.30. The second-order valence-electron chi connectivity index (χ2n) is 6.39. The minimum absolute atomic E-state index is 0. The summed E-state index contributed by atoms with van der Waals surface area (Å²) in [5.74, 6) is -0.154. The molecule has 2 fully saturated rings. The first-order valence-corrected chi connectivity index (χ1v) is 7.52. The fourth-order valence-corrected chi connectivity index (χ4v) is 3.73. The minimum Gasteiger partial charge on any atom is -0.314 e. The summed E-state index contributed by atoms with van der Waals surface area (Å²) in [6.45, 7) is 5.40. The van der Waals surface area contributed by atoms with Gasteiger partial charge in [0.2, 0.25) is 0 Å². The van der Waals surface area contributed by atoms with Crippen LogP contribution in [0.15, 0.2) is 23.1 Å². The average molecular weight is 290 g/mol. The Bertz CT molecular complexity index is 562. The molecule has 1 aromatic heterocycles. The summed E-state index contributed by atoms with van der Waals surface area (Å²) in [5, 5.41) is 0. The Hall–Kier alpha value is -1.42. The zero-order valence-corrected chi connectivity index (χ0v) is 12.1. The Labute approximate surface area is 126 Å². The van der Waals surface area contributed by atoms with E-state index in [0.717, 1.165) is 6.54 Å². The van der Waals surface area contributed by atoms with Crippen LogP contribution in [0.2, 0.25) is 0 Å². The van der Waals surface area contributed by atoms with Gasteiger partial charge in [-0.2, -0.15) is 0 Å². The van der Waals surface area contributed by atoms with Crippen LogP contribution in [0.1, 0.15) is 50.4 Å². The molecule has 1 saturated carbocycles. The highest BCUT2D eigenvalue weighted by molar-refractivity contribution is 5.93. The van der Waals surface area contributed by atoms with Gasteiger partial charge in [-0.3, -0.25) is 9.59 Å². The standard InChI is InChI=1S/C16H22N2O2.CH4/c1-13(19)14-5-4-8-18(15(14)20)10-9-17-11-16(12-17)6-2-3-7-16;/h4-5,8H,2-3,6-7,9-12H2,1H3;1H4. The molecule has 0 radical (unpaired) electrons. The Morgan fingerprint density at radius 2 is 1.90 bits per heavy atom. The molecule has 21 heavy (non-hydrogen) atoms. The van der Waals surface area contributed by atoms with Gasteiger partial charge in [0.1, 0.15) is 0 Å². The molecule has 0 atom stereocenters. The van der Waals surface area contributed by atoms with Gasteiger partial charge in [0.25, 0.3) is 5.56 Å². The van der Waals surface area contributed by atoms with E-state index in [1.807, 2.05) is 0 Å². The summed E-state index contributed by atoms with van der Waals surface area (Å²) in [4.78, 5) is 25.9. The van der Waals surface area contributed by atoms with E-state index in [4.69, 9.17) is 0 Å². The summed E-state index contributed by atoms with van der Waals surface area (Å²) in [7, 11) is 0. The van der Waals surface area contributed by atoms with Gasteiger partial charge >= 0.3 is 0 Å². The largest absolute Gasteiger partial charge is 0.314 e. The van der Waals surface area contributed by atoms with Crippen molar-refractivity contribution >= 4 is 5.78 Å². The third kappa shape index (κ3) is 3.10. The van der Waals surface area contributed by atoms with E-state index in [0.29, 0.717) is 17.5 Å². The number of Topliss-reactive ketones (excluding diaryl/α,β-unsaturated/α-hetero) is 1. The summed E-state index contributed by atoms with van der Waals surface area (Å²) < 4.78 is 1.66. The van der Waals surface area contributed by atoms with Crippen molar-refractivity contribution in [2.24, 2.45) is 5.41 Å². The van der Waals surface area contributed by atoms with Crippen LogP contribution in [0.5, 0.6) is 0 Å². The normalized spacial score (nSPS) is 20.0. The molecule has 1 aliphatic heterocycles. The molecular formula is C17H26N2O2. The average Bonchev–Trinajstić information content (AvgIpc) is 2.85. The van der Waals surface area contributed by atoms with E-state index < -0.39 is 0 Å². The molecule has 1 spiro atoms. The lowest BCUT2D eigenvalue weighted by atomic mass is 9.78. The smallest absolute Gasteiger partial charge is 0.261 e. The number of hydrogen-bond donors (Lipinski definition) is 0. The zero-order chi connectivity index (χ0) is 14.2. The van der Waals surface area contributed by atoms with E-state index in [1.165, 1.54) is 45.7 Å². The Balaban J connectivity index is 0.00000161. The van der Waals surface area contributed by atoms with Crippen LogP contribution in [0.25, 0.3) is 0 Å². The predicted octanol–water partition coefficient (Wildman–Crippen LogP) is 2.56. The number of aromatic nitrogens is 1. The van der Waals surface area contributed by atoms with Crippen molar-refractivity contribution in [3.05, 3.63) is 34.2 Å². The van der Waals surface area contributed by atoms with Crippen molar-refractivity contribution < 1.29 is 4.79 Å². The minimum atomic E-state index is -0.156. The fourth-order valence-electron chi connectivity index (χ4n) is 3.73. The highest BCUT2D eigenvalue weighted by atomic mass is 16.1. The Morgan fingerprint density at radius 3 is 2.52 bits per heavy atom. The Morgan fingerprint density at radius 1 is 1.24 bits per heavy atom. The molecule has 2 heterocycles. The number of rotatable bonds is 4. The van der Waals surface area contributed by atoms with Crippen molar-refractivity contribution in [1.82, 2.24) is 9.47 Å². The first kappa shape index (κ1) is 16.0. The van der Waals surface area contributed by atoms with Gasteiger partial charge in [-0.05, 0) is 37.3 Å². The van der Waals surface area contributed by atoms with Crippen molar-refractivity contribution in [1.29, 1.82) is 0 Å². The number of carbonyl (C=O) groups is 1. The van der Waals surface area contributed by atoms with Crippen LogP contribution in [-0.4, -0.2) is 34.9 Å². The third-order valence-electron chi connectivity index (χ3n) is 4.84. The van der Waals surface area contributed by atoms with Gasteiger partial charge in [-0.25, -0.2) is 0 Å². The lowest BCUT2D eigenvalue weighted by Gasteiger charge is -2.48. The van der Waals surface area contributed by atoms with Gasteiger partial charge in [0.05, 0.1) is 5.56 Å². The number of ketones is 1. The number of carbonyl (C=O) groups excluding carboxylic acids is 1. The second-order valence-corrected chi connectivity index (χ2v) is 6.39. The molecule has 0 N–H and O–H groups in total. The molecule has 1 aliphatic carbocycles. The molecule has 1 aromatic rings. The van der Waals surface area contributed by atoms with Crippen molar-refractivity contribution in [2.45, 2.75) is 46.6 Å². The number of pyridine rings is 1. The molecule has 1 saturated heterocycles. The number of likely N-dealkylation sites (tertiary alicyclic amines) is 1. The first-order chi connectivity index (χ1) is 9.60. The van der Waals surface area contributed by atoms with Gasteiger partial charge in [-0.1, -0.05) is 20.3 Å². The topological polar surface area (TPSA) is 42.3 Å². The first-order valence-electron chi connectivity index (χ1n) is 7.52. The van der Waals surface area contributed by atoms with Crippen molar-refractivity contribution in [2.75, 3.05) is 19.6 Å². The van der Waals surface area contributed by atoms with E-state index >= 15 is 0 Å². The van der Waals surface area contributed by atoms with Crippen LogP contribution in [-0.2, 0) is 6.54 Å². The molecule has 0 aromatic carbocycles. The van der Waals surface area contributed by atoms with E-state index in [9.17, 15) is 9.59 Å². The second kappa shape index (κ2) is 6.14. The van der Waals surface area contributed by atoms with Crippen molar-refractivity contribution in [3.8, 4) is 0 Å². The molecule has 3 rings (SSSR count). The van der Waals surface area contributed by atoms with Crippen molar-refractivity contribution in [3.63, 3.8) is 0 Å². The maximum absolute atomic E-state index is 12.1. The van der Waals surface area contributed by atoms with Gasteiger partial charge in [-0.15, -0.1) is 0 Å². The molecule has 0 bridgehead atoms. The van der Waals surface area contributed by atoms with Crippen LogP contribution in [0, 0.1) is 5.41 Å². The van der Waals surface area contributed by atoms with E-state index in [2.05, 4.69) is 4.90 Å². The maximum Gasteiger partial charge on any atom is 0.261 e. The third-order valence-corrected chi connectivity index (χ3v) is 4.84.